The lowest BCUT2D eigenvalue weighted by molar-refractivity contribution is -0.116. The van der Waals surface area contributed by atoms with Crippen LogP contribution in [0.2, 0.25) is 0 Å². The molecule has 7 nitrogen and oxygen atoms in total. The molecule has 0 aliphatic carbocycles. The molecule has 0 bridgehead atoms. The van der Waals surface area contributed by atoms with E-state index in [2.05, 4.69) is 15.2 Å². The maximum Gasteiger partial charge on any atom is 0.253 e. The van der Waals surface area contributed by atoms with Crippen molar-refractivity contribution in [1.29, 1.82) is 0 Å². The number of aromatic nitrogens is 2. The minimum Gasteiger partial charge on any atom is -0.370 e. The van der Waals surface area contributed by atoms with Crippen molar-refractivity contribution in [2.75, 3.05) is 36.4 Å². The quantitative estimate of drug-likeness (QED) is 0.644. The van der Waals surface area contributed by atoms with Gasteiger partial charge in [0.25, 0.3) is 5.91 Å². The molecule has 166 valence electrons. The van der Waals surface area contributed by atoms with Crippen molar-refractivity contribution in [3.8, 4) is 0 Å². The molecule has 8 heteroatoms. The zero-order valence-electron chi connectivity index (χ0n) is 17.8. The standard InChI is InChI=1S/C24H26FN5O2/c25-20-5-7-22(8-6-20)29-11-2-12-30(16-15-29)24(32)19-3-1-4-21(17-19)27-23(31)9-13-28-14-10-26-18-28/h1,3-8,10,14,17-18H,2,9,11-13,15-16H2,(H,27,31). The van der Waals surface area contributed by atoms with Gasteiger partial charge in [0.15, 0.2) is 0 Å². The fourth-order valence-corrected chi connectivity index (χ4v) is 3.82. The summed E-state index contributed by atoms with van der Waals surface area (Å²) in [6.07, 6.45) is 6.30. The van der Waals surface area contributed by atoms with Gasteiger partial charge in [-0.15, -0.1) is 0 Å². The highest BCUT2D eigenvalue weighted by molar-refractivity contribution is 5.97. The molecule has 2 amide bonds. The predicted octanol–water partition coefficient (Wildman–Crippen LogP) is 3.40. The molecule has 1 N–H and O–H groups in total. The van der Waals surface area contributed by atoms with Crippen LogP contribution in [0, 0.1) is 5.82 Å². The number of carbonyl (C=O) groups is 2. The van der Waals surface area contributed by atoms with Gasteiger partial charge in [-0.25, -0.2) is 9.37 Å². The molecule has 2 aromatic carbocycles. The molecule has 1 aliphatic heterocycles. The molecule has 3 aromatic rings. The van der Waals surface area contributed by atoms with Crippen LogP contribution in [0.25, 0.3) is 0 Å². The highest BCUT2D eigenvalue weighted by Crippen LogP contribution is 2.19. The summed E-state index contributed by atoms with van der Waals surface area (Å²) in [7, 11) is 0. The zero-order valence-corrected chi connectivity index (χ0v) is 17.8. The largest absolute Gasteiger partial charge is 0.370 e. The van der Waals surface area contributed by atoms with Crippen LogP contribution < -0.4 is 10.2 Å². The first-order chi connectivity index (χ1) is 15.6. The summed E-state index contributed by atoms with van der Waals surface area (Å²) in [5.41, 5.74) is 2.11. The Hall–Kier alpha value is -3.68. The van der Waals surface area contributed by atoms with Crippen LogP contribution in [0.15, 0.2) is 67.3 Å². The van der Waals surface area contributed by atoms with Crippen molar-refractivity contribution in [1.82, 2.24) is 14.5 Å². The van der Waals surface area contributed by atoms with E-state index in [0.717, 1.165) is 18.7 Å². The lowest BCUT2D eigenvalue weighted by Crippen LogP contribution is -2.35. The van der Waals surface area contributed by atoms with Crippen molar-refractivity contribution in [2.45, 2.75) is 19.4 Å². The van der Waals surface area contributed by atoms with Crippen molar-refractivity contribution < 1.29 is 14.0 Å². The maximum atomic E-state index is 13.2. The second kappa shape index (κ2) is 10.1. The lowest BCUT2D eigenvalue weighted by atomic mass is 10.1. The van der Waals surface area contributed by atoms with Gasteiger partial charge in [-0.3, -0.25) is 9.59 Å². The van der Waals surface area contributed by atoms with Gasteiger partial charge in [0.2, 0.25) is 5.91 Å². The van der Waals surface area contributed by atoms with Crippen LogP contribution in [-0.2, 0) is 11.3 Å². The molecule has 32 heavy (non-hydrogen) atoms. The van der Waals surface area contributed by atoms with Crippen LogP contribution in [0.4, 0.5) is 15.8 Å². The number of amides is 2. The van der Waals surface area contributed by atoms with Crippen LogP contribution in [-0.4, -0.2) is 52.4 Å². The number of benzene rings is 2. The summed E-state index contributed by atoms with van der Waals surface area (Å²) in [5.74, 6) is -0.428. The summed E-state index contributed by atoms with van der Waals surface area (Å²) in [6.45, 7) is 3.27. The van der Waals surface area contributed by atoms with Crippen LogP contribution in [0.3, 0.4) is 0 Å². The molecule has 0 radical (unpaired) electrons. The van der Waals surface area contributed by atoms with Gasteiger partial charge in [-0.05, 0) is 48.9 Å². The average molecular weight is 436 g/mol. The molecule has 1 saturated heterocycles. The number of carbonyl (C=O) groups excluding carboxylic acids is 2. The average Bonchev–Trinajstić information content (AvgIpc) is 3.21. The number of imidazole rings is 1. The Labute approximate surface area is 186 Å². The van der Waals surface area contributed by atoms with Gasteiger partial charge in [0.05, 0.1) is 6.33 Å². The first kappa shape index (κ1) is 21.5. The third-order valence-electron chi connectivity index (χ3n) is 5.52. The minimum atomic E-state index is -0.255. The first-order valence-corrected chi connectivity index (χ1v) is 10.7. The summed E-state index contributed by atoms with van der Waals surface area (Å²) >= 11 is 0. The van der Waals surface area contributed by atoms with Crippen molar-refractivity contribution in [2.24, 2.45) is 0 Å². The summed E-state index contributed by atoms with van der Waals surface area (Å²) in [6, 6.07) is 13.5. The number of halogens is 1. The number of nitrogens with one attached hydrogen (secondary N) is 1. The van der Waals surface area contributed by atoms with Gasteiger partial charge in [-0.1, -0.05) is 6.07 Å². The van der Waals surface area contributed by atoms with Crippen LogP contribution in [0.1, 0.15) is 23.2 Å². The van der Waals surface area contributed by atoms with Crippen LogP contribution in [0.5, 0.6) is 0 Å². The van der Waals surface area contributed by atoms with E-state index < -0.39 is 0 Å². The van der Waals surface area contributed by atoms with Crippen molar-refractivity contribution >= 4 is 23.2 Å². The van der Waals surface area contributed by atoms with Gasteiger partial charge in [0.1, 0.15) is 5.82 Å². The minimum absolute atomic E-state index is 0.0551. The third kappa shape index (κ3) is 5.51. The van der Waals surface area contributed by atoms with E-state index in [1.165, 1.54) is 12.1 Å². The molecular formula is C24H26FN5O2. The monoisotopic (exact) mass is 435 g/mol. The molecule has 4 rings (SSSR count). The second-order valence-electron chi connectivity index (χ2n) is 7.79. The topological polar surface area (TPSA) is 70.5 Å². The Morgan fingerprint density at radius 3 is 2.66 bits per heavy atom. The van der Waals surface area contributed by atoms with E-state index in [1.54, 1.807) is 48.9 Å². The highest BCUT2D eigenvalue weighted by Gasteiger charge is 2.21. The molecule has 1 fully saturated rings. The number of hydrogen-bond acceptors (Lipinski definition) is 4. The van der Waals surface area contributed by atoms with E-state index >= 15 is 0 Å². The fourth-order valence-electron chi connectivity index (χ4n) is 3.82. The molecule has 0 atom stereocenters. The highest BCUT2D eigenvalue weighted by atomic mass is 19.1. The first-order valence-electron chi connectivity index (χ1n) is 10.7. The van der Waals surface area contributed by atoms with Gasteiger partial charge in [-0.2, -0.15) is 0 Å². The fraction of sp³-hybridized carbons (Fsp3) is 0.292. The van der Waals surface area contributed by atoms with E-state index in [1.807, 2.05) is 15.7 Å². The number of aryl methyl sites for hydroxylation is 1. The molecule has 1 aliphatic rings. The Morgan fingerprint density at radius 1 is 1.03 bits per heavy atom. The van der Waals surface area contributed by atoms with E-state index in [9.17, 15) is 14.0 Å². The van der Waals surface area contributed by atoms with Crippen molar-refractivity contribution in [3.63, 3.8) is 0 Å². The summed E-state index contributed by atoms with van der Waals surface area (Å²) in [5, 5.41) is 2.87. The Morgan fingerprint density at radius 2 is 1.88 bits per heavy atom. The summed E-state index contributed by atoms with van der Waals surface area (Å²) < 4.78 is 15.0. The van der Waals surface area contributed by atoms with E-state index in [4.69, 9.17) is 0 Å². The van der Waals surface area contributed by atoms with Gasteiger partial charge < -0.3 is 19.7 Å². The number of rotatable bonds is 6. The molecule has 1 aromatic heterocycles. The molecule has 2 heterocycles. The SMILES string of the molecule is O=C(CCn1ccnc1)Nc1cccc(C(=O)N2CCCN(c3ccc(F)cc3)CC2)c1. The molecular weight excluding hydrogens is 409 g/mol. The van der Waals surface area contributed by atoms with E-state index in [0.29, 0.717) is 43.9 Å². The maximum absolute atomic E-state index is 13.2. The Kier molecular flexibility index (Phi) is 6.79. The Balaban J connectivity index is 1.34. The number of hydrogen-bond donors (Lipinski definition) is 1. The van der Waals surface area contributed by atoms with E-state index in [-0.39, 0.29) is 17.6 Å². The van der Waals surface area contributed by atoms with Gasteiger partial charge >= 0.3 is 0 Å². The van der Waals surface area contributed by atoms with Crippen LogP contribution >= 0.6 is 0 Å². The number of nitrogens with zero attached hydrogens (tertiary/aromatic N) is 4. The summed E-state index contributed by atoms with van der Waals surface area (Å²) in [4.78, 5) is 33.3. The smallest absolute Gasteiger partial charge is 0.253 e. The van der Waals surface area contributed by atoms with Gasteiger partial charge in [0, 0.05) is 68.5 Å². The lowest BCUT2D eigenvalue weighted by Gasteiger charge is -2.24. The normalized spacial score (nSPS) is 14.2. The molecule has 0 unspecified atom stereocenters. The zero-order chi connectivity index (χ0) is 22.3. The third-order valence-corrected chi connectivity index (χ3v) is 5.52. The predicted molar refractivity (Wildman–Crippen MR) is 121 cm³/mol. The Bertz CT molecular complexity index is 1050. The molecule has 0 saturated carbocycles. The number of anilines is 2. The second-order valence-corrected chi connectivity index (χ2v) is 7.79. The van der Waals surface area contributed by atoms with Crippen molar-refractivity contribution in [3.05, 3.63) is 78.6 Å². The molecule has 0 spiro atoms.